The molecule has 0 atom stereocenters. The van der Waals surface area contributed by atoms with Crippen molar-refractivity contribution in [1.29, 1.82) is 0 Å². The van der Waals surface area contributed by atoms with Gasteiger partial charge in [-0.15, -0.1) is 0 Å². The van der Waals surface area contributed by atoms with Gasteiger partial charge in [-0.05, 0) is 18.6 Å². The third-order valence-corrected chi connectivity index (χ3v) is 2.54. The highest BCUT2D eigenvalue weighted by Crippen LogP contribution is 2.25. The summed E-state index contributed by atoms with van der Waals surface area (Å²) in [6.07, 6.45) is 1.69. The Hall–Kier alpha value is -2.17. The minimum atomic E-state index is -0.440. The number of benzene rings is 1. The topological polar surface area (TPSA) is 65.1 Å². The lowest BCUT2D eigenvalue weighted by molar-refractivity contribution is -0.384. The number of hydrogen-bond donors (Lipinski definition) is 0. The van der Waals surface area contributed by atoms with Crippen LogP contribution in [0.5, 0.6) is 0 Å². The maximum atomic E-state index is 11.3. The molecule has 2 aromatic rings. The first-order valence-electron chi connectivity index (χ1n) is 4.78. The highest BCUT2D eigenvalue weighted by atomic mass is 16.6. The van der Waals surface area contributed by atoms with Crippen molar-refractivity contribution in [1.82, 2.24) is 4.57 Å². The number of aryl methyl sites for hydroxylation is 1. The van der Waals surface area contributed by atoms with E-state index in [0.717, 1.165) is 10.9 Å². The molecule has 5 heteroatoms. The Balaban J connectivity index is 2.76. The van der Waals surface area contributed by atoms with Crippen molar-refractivity contribution in [2.45, 2.75) is 13.8 Å². The zero-order valence-electron chi connectivity index (χ0n) is 8.93. The van der Waals surface area contributed by atoms with Gasteiger partial charge in [0.15, 0.2) is 0 Å². The van der Waals surface area contributed by atoms with Gasteiger partial charge in [-0.2, -0.15) is 0 Å². The number of nitro groups is 1. The summed E-state index contributed by atoms with van der Waals surface area (Å²) in [6.45, 7) is 3.28. The molecular formula is C11H10N2O3. The van der Waals surface area contributed by atoms with Crippen LogP contribution in [0.4, 0.5) is 5.69 Å². The average Bonchev–Trinajstić information content (AvgIpc) is 2.56. The molecule has 0 unspecified atom stereocenters. The van der Waals surface area contributed by atoms with E-state index in [0.29, 0.717) is 5.52 Å². The second-order valence-electron chi connectivity index (χ2n) is 3.66. The lowest BCUT2D eigenvalue weighted by Crippen LogP contribution is -2.02. The lowest BCUT2D eigenvalue weighted by atomic mass is 10.2. The summed E-state index contributed by atoms with van der Waals surface area (Å²) in [5.74, 6) is -0.105. The summed E-state index contributed by atoms with van der Waals surface area (Å²) in [5, 5.41) is 11.4. The van der Waals surface area contributed by atoms with Crippen molar-refractivity contribution in [3.8, 4) is 0 Å². The fraction of sp³-hybridized carbons (Fsp3) is 0.182. The standard InChI is InChI=1S/C11H10N2O3/c1-7-6-12(8(2)14)11-4-3-9(13(15)16)5-10(7)11/h3-6H,1-2H3. The number of nitrogens with zero attached hydrogens (tertiary/aromatic N) is 2. The van der Waals surface area contributed by atoms with Crippen LogP contribution >= 0.6 is 0 Å². The first-order valence-corrected chi connectivity index (χ1v) is 4.78. The Labute approximate surface area is 91.4 Å². The van der Waals surface area contributed by atoms with Crippen LogP contribution in [-0.2, 0) is 0 Å². The molecule has 0 aliphatic rings. The fourth-order valence-corrected chi connectivity index (χ4v) is 1.76. The Bertz CT molecular complexity index is 599. The Kier molecular flexibility index (Phi) is 2.23. The normalized spacial score (nSPS) is 10.6. The molecule has 0 N–H and O–H groups in total. The Morgan fingerprint density at radius 3 is 2.69 bits per heavy atom. The molecule has 0 fully saturated rings. The van der Waals surface area contributed by atoms with Gasteiger partial charge in [-0.25, -0.2) is 0 Å². The molecule has 0 spiro atoms. The van der Waals surface area contributed by atoms with Gasteiger partial charge in [0.2, 0.25) is 5.91 Å². The van der Waals surface area contributed by atoms with Gasteiger partial charge >= 0.3 is 0 Å². The monoisotopic (exact) mass is 218 g/mol. The van der Waals surface area contributed by atoms with Gasteiger partial charge < -0.3 is 0 Å². The Morgan fingerprint density at radius 1 is 1.44 bits per heavy atom. The molecule has 0 amide bonds. The zero-order chi connectivity index (χ0) is 11.9. The number of carbonyl (C=O) groups is 1. The van der Waals surface area contributed by atoms with Gasteiger partial charge in [0, 0.05) is 30.6 Å². The van der Waals surface area contributed by atoms with E-state index in [-0.39, 0.29) is 11.6 Å². The van der Waals surface area contributed by atoms with E-state index in [1.807, 2.05) is 6.92 Å². The van der Waals surface area contributed by atoms with E-state index in [2.05, 4.69) is 0 Å². The van der Waals surface area contributed by atoms with Crippen LogP contribution in [0.1, 0.15) is 17.3 Å². The van der Waals surface area contributed by atoms with Gasteiger partial charge in [0.05, 0.1) is 10.4 Å². The second kappa shape index (κ2) is 3.44. The van der Waals surface area contributed by atoms with Gasteiger partial charge in [0.1, 0.15) is 0 Å². The number of non-ortho nitro benzene ring substituents is 1. The molecule has 0 aliphatic carbocycles. The second-order valence-corrected chi connectivity index (χ2v) is 3.66. The van der Waals surface area contributed by atoms with Crippen LogP contribution in [0, 0.1) is 17.0 Å². The highest BCUT2D eigenvalue weighted by molar-refractivity contribution is 5.94. The molecule has 5 nitrogen and oxygen atoms in total. The fourth-order valence-electron chi connectivity index (χ4n) is 1.76. The summed E-state index contributed by atoms with van der Waals surface area (Å²) in [6, 6.07) is 4.49. The number of fused-ring (bicyclic) bond motifs is 1. The minimum Gasteiger partial charge on any atom is -0.287 e. The van der Waals surface area contributed by atoms with Gasteiger partial charge in [-0.1, -0.05) is 0 Å². The van der Waals surface area contributed by atoms with Crippen molar-refractivity contribution >= 4 is 22.5 Å². The molecule has 16 heavy (non-hydrogen) atoms. The average molecular weight is 218 g/mol. The van der Waals surface area contributed by atoms with Crippen molar-refractivity contribution in [2.75, 3.05) is 0 Å². The number of aromatic nitrogens is 1. The molecule has 0 radical (unpaired) electrons. The highest BCUT2D eigenvalue weighted by Gasteiger charge is 2.12. The van der Waals surface area contributed by atoms with E-state index in [9.17, 15) is 14.9 Å². The van der Waals surface area contributed by atoms with Gasteiger partial charge in [0.25, 0.3) is 5.69 Å². The SMILES string of the molecule is CC(=O)n1cc(C)c2cc([N+](=O)[O-])ccc21. The van der Waals surface area contributed by atoms with Gasteiger partial charge in [-0.3, -0.25) is 19.5 Å². The predicted octanol–water partition coefficient (Wildman–Crippen LogP) is 2.52. The van der Waals surface area contributed by atoms with Crippen molar-refractivity contribution in [2.24, 2.45) is 0 Å². The maximum absolute atomic E-state index is 11.3. The quantitative estimate of drug-likeness (QED) is 0.545. The molecule has 82 valence electrons. The summed E-state index contributed by atoms with van der Waals surface area (Å²) in [5.41, 5.74) is 1.60. The number of carbonyl (C=O) groups excluding carboxylic acids is 1. The predicted molar refractivity (Wildman–Crippen MR) is 59.6 cm³/mol. The van der Waals surface area contributed by atoms with Crippen LogP contribution in [0.2, 0.25) is 0 Å². The number of hydrogen-bond acceptors (Lipinski definition) is 3. The molecule has 0 saturated heterocycles. The van der Waals surface area contributed by atoms with Crippen molar-refractivity contribution < 1.29 is 9.72 Å². The Morgan fingerprint density at radius 2 is 2.12 bits per heavy atom. The largest absolute Gasteiger partial charge is 0.287 e. The van der Waals surface area contributed by atoms with Crippen LogP contribution in [-0.4, -0.2) is 15.4 Å². The number of rotatable bonds is 1. The van der Waals surface area contributed by atoms with Crippen molar-refractivity contribution in [3.05, 3.63) is 40.1 Å². The molecule has 1 aromatic carbocycles. The first-order chi connectivity index (χ1) is 7.50. The van der Waals surface area contributed by atoms with Crippen LogP contribution in [0.3, 0.4) is 0 Å². The zero-order valence-corrected chi connectivity index (χ0v) is 8.93. The van der Waals surface area contributed by atoms with E-state index in [1.54, 1.807) is 12.3 Å². The van der Waals surface area contributed by atoms with Crippen LogP contribution in [0.15, 0.2) is 24.4 Å². The van der Waals surface area contributed by atoms with Crippen molar-refractivity contribution in [3.63, 3.8) is 0 Å². The molecular weight excluding hydrogens is 208 g/mol. The molecule has 0 bridgehead atoms. The van der Waals surface area contributed by atoms with E-state index in [4.69, 9.17) is 0 Å². The summed E-state index contributed by atoms with van der Waals surface area (Å²) >= 11 is 0. The lowest BCUT2D eigenvalue weighted by Gasteiger charge is -1.98. The van der Waals surface area contributed by atoms with Crippen LogP contribution in [0.25, 0.3) is 10.9 Å². The summed E-state index contributed by atoms with van der Waals surface area (Å²) in [4.78, 5) is 21.5. The smallest absolute Gasteiger partial charge is 0.270 e. The molecule has 1 aromatic heterocycles. The first kappa shape index (κ1) is 10.4. The summed E-state index contributed by atoms with van der Waals surface area (Å²) < 4.78 is 1.49. The molecule has 0 saturated carbocycles. The molecule has 2 rings (SSSR count). The third-order valence-electron chi connectivity index (χ3n) is 2.54. The molecule has 1 heterocycles. The maximum Gasteiger partial charge on any atom is 0.270 e. The third kappa shape index (κ3) is 1.46. The van der Waals surface area contributed by atoms with E-state index >= 15 is 0 Å². The summed E-state index contributed by atoms with van der Waals surface area (Å²) in [7, 11) is 0. The minimum absolute atomic E-state index is 0.0388. The number of nitro benzene ring substituents is 1. The molecule has 0 aliphatic heterocycles. The van der Waals surface area contributed by atoms with E-state index < -0.39 is 4.92 Å². The van der Waals surface area contributed by atoms with E-state index in [1.165, 1.54) is 23.6 Å². The van der Waals surface area contributed by atoms with Crippen LogP contribution < -0.4 is 0 Å².